The Morgan fingerprint density at radius 2 is 2.19 bits per heavy atom. The summed E-state index contributed by atoms with van der Waals surface area (Å²) in [5, 5.41) is 11.4. The second kappa shape index (κ2) is 8.47. The van der Waals surface area contributed by atoms with Crippen molar-refractivity contribution in [2.45, 2.75) is 19.4 Å². The zero-order valence-electron chi connectivity index (χ0n) is 11.5. The molecule has 112 valence electrons. The molecule has 2 N–H and O–H groups in total. The van der Waals surface area contributed by atoms with Crippen molar-refractivity contribution in [2.75, 3.05) is 6.61 Å². The Kier molecular flexibility index (Phi) is 6.59. The molecule has 21 heavy (non-hydrogen) atoms. The number of esters is 1. The van der Waals surface area contributed by atoms with Crippen LogP contribution < -0.4 is 5.32 Å². The van der Waals surface area contributed by atoms with Gasteiger partial charge < -0.3 is 15.2 Å². The van der Waals surface area contributed by atoms with Gasteiger partial charge in [-0.15, -0.1) is 0 Å². The number of carboxylic acid groups (broad SMARTS) is 1. The minimum atomic E-state index is -1.20. The van der Waals surface area contributed by atoms with Gasteiger partial charge in [0.2, 0.25) is 0 Å². The molecule has 0 saturated carbocycles. The summed E-state index contributed by atoms with van der Waals surface area (Å²) in [4.78, 5) is 37.8. The Bertz CT molecular complexity index is 527. The van der Waals surface area contributed by atoms with Crippen molar-refractivity contribution >= 4 is 17.8 Å². The molecular weight excluding hydrogens is 276 g/mol. The second-order valence-corrected chi connectivity index (χ2v) is 3.97. The highest BCUT2D eigenvalue weighted by Crippen LogP contribution is 1.99. The molecule has 0 aliphatic carbocycles. The molecule has 1 rings (SSSR count). The van der Waals surface area contributed by atoms with Crippen LogP contribution in [0.3, 0.4) is 0 Å². The first-order chi connectivity index (χ1) is 10.0. The zero-order valence-corrected chi connectivity index (χ0v) is 11.5. The number of hydrogen-bond acceptors (Lipinski definition) is 5. The van der Waals surface area contributed by atoms with Gasteiger partial charge in [-0.1, -0.05) is 12.1 Å². The SMILES string of the molecule is CCOC(=O)/C=C/C[C@H](NC(=O)c1ccccn1)C(=O)O. The normalized spacial score (nSPS) is 11.9. The number of amides is 1. The van der Waals surface area contributed by atoms with Crippen molar-refractivity contribution in [3.63, 3.8) is 0 Å². The number of rotatable bonds is 7. The van der Waals surface area contributed by atoms with Gasteiger partial charge in [-0.3, -0.25) is 9.78 Å². The Balaban J connectivity index is 2.60. The summed E-state index contributed by atoms with van der Waals surface area (Å²) in [6.45, 7) is 1.90. The number of hydrogen-bond donors (Lipinski definition) is 2. The molecule has 1 atom stereocenters. The van der Waals surface area contributed by atoms with Crippen LogP contribution in [0.15, 0.2) is 36.5 Å². The summed E-state index contributed by atoms with van der Waals surface area (Å²) in [6.07, 6.45) is 3.87. The molecule has 0 aliphatic heterocycles. The number of carbonyl (C=O) groups is 3. The maximum atomic E-state index is 11.8. The van der Waals surface area contributed by atoms with Gasteiger partial charge in [0.1, 0.15) is 11.7 Å². The maximum Gasteiger partial charge on any atom is 0.330 e. The first-order valence-corrected chi connectivity index (χ1v) is 6.32. The van der Waals surface area contributed by atoms with Crippen LogP contribution in [0.2, 0.25) is 0 Å². The summed E-state index contributed by atoms with van der Waals surface area (Å²) < 4.78 is 4.66. The van der Waals surface area contributed by atoms with Crippen LogP contribution in [0.5, 0.6) is 0 Å². The van der Waals surface area contributed by atoms with E-state index >= 15 is 0 Å². The van der Waals surface area contributed by atoms with Crippen LogP contribution in [0.1, 0.15) is 23.8 Å². The first kappa shape index (κ1) is 16.4. The molecule has 1 amide bonds. The van der Waals surface area contributed by atoms with E-state index in [1.807, 2.05) is 0 Å². The summed E-state index contributed by atoms with van der Waals surface area (Å²) in [5.41, 5.74) is 0.123. The monoisotopic (exact) mass is 292 g/mol. The Labute approximate surface area is 121 Å². The van der Waals surface area contributed by atoms with Gasteiger partial charge in [-0.05, 0) is 25.5 Å². The van der Waals surface area contributed by atoms with E-state index in [0.29, 0.717) is 0 Å². The molecule has 0 fully saturated rings. The first-order valence-electron chi connectivity index (χ1n) is 6.32. The van der Waals surface area contributed by atoms with Crippen LogP contribution in [-0.4, -0.2) is 40.6 Å². The lowest BCUT2D eigenvalue weighted by Crippen LogP contribution is -2.40. The number of aliphatic carboxylic acids is 1. The van der Waals surface area contributed by atoms with Crippen LogP contribution >= 0.6 is 0 Å². The fourth-order valence-electron chi connectivity index (χ4n) is 1.44. The van der Waals surface area contributed by atoms with Crippen molar-refractivity contribution in [1.82, 2.24) is 10.3 Å². The third-order valence-corrected chi connectivity index (χ3v) is 2.41. The lowest BCUT2D eigenvalue weighted by molar-refractivity contribution is -0.139. The van der Waals surface area contributed by atoms with E-state index in [-0.39, 0.29) is 18.7 Å². The number of pyridine rings is 1. The fraction of sp³-hybridized carbons (Fsp3) is 0.286. The molecular formula is C14H16N2O5. The molecule has 1 heterocycles. The van der Waals surface area contributed by atoms with Crippen molar-refractivity contribution in [3.05, 3.63) is 42.2 Å². The van der Waals surface area contributed by atoms with E-state index in [2.05, 4.69) is 15.0 Å². The Morgan fingerprint density at radius 1 is 1.43 bits per heavy atom. The van der Waals surface area contributed by atoms with Crippen molar-refractivity contribution in [2.24, 2.45) is 0 Å². The molecule has 7 heteroatoms. The summed E-state index contributed by atoms with van der Waals surface area (Å²) >= 11 is 0. The molecule has 1 aromatic heterocycles. The summed E-state index contributed by atoms with van der Waals surface area (Å²) in [6, 6.07) is 3.60. The van der Waals surface area contributed by atoms with Crippen molar-refractivity contribution in [3.8, 4) is 0 Å². The van der Waals surface area contributed by atoms with Crippen LogP contribution in [0.4, 0.5) is 0 Å². The molecule has 7 nitrogen and oxygen atoms in total. The van der Waals surface area contributed by atoms with E-state index in [9.17, 15) is 14.4 Å². The quantitative estimate of drug-likeness (QED) is 0.568. The predicted octanol–water partition coefficient (Wildman–Crippen LogP) is 0.774. The highest BCUT2D eigenvalue weighted by Gasteiger charge is 2.19. The number of nitrogens with zero attached hydrogens (tertiary/aromatic N) is 1. The molecule has 0 aliphatic rings. The highest BCUT2D eigenvalue weighted by molar-refractivity contribution is 5.95. The molecule has 0 bridgehead atoms. The van der Waals surface area contributed by atoms with Crippen LogP contribution in [-0.2, 0) is 14.3 Å². The van der Waals surface area contributed by atoms with Gasteiger partial charge in [0.05, 0.1) is 6.61 Å². The van der Waals surface area contributed by atoms with Gasteiger partial charge in [-0.2, -0.15) is 0 Å². The van der Waals surface area contributed by atoms with E-state index in [0.717, 1.165) is 6.08 Å². The van der Waals surface area contributed by atoms with E-state index in [1.54, 1.807) is 19.1 Å². The van der Waals surface area contributed by atoms with E-state index in [4.69, 9.17) is 5.11 Å². The minimum Gasteiger partial charge on any atom is -0.480 e. The number of aromatic nitrogens is 1. The number of ether oxygens (including phenoxy) is 1. The van der Waals surface area contributed by atoms with Gasteiger partial charge in [0.15, 0.2) is 0 Å². The van der Waals surface area contributed by atoms with Gasteiger partial charge in [-0.25, -0.2) is 9.59 Å². The number of carbonyl (C=O) groups excluding carboxylic acids is 2. The minimum absolute atomic E-state index is 0.0350. The maximum absolute atomic E-state index is 11.8. The predicted molar refractivity (Wildman–Crippen MR) is 73.5 cm³/mol. The zero-order chi connectivity index (χ0) is 15.7. The molecule has 0 saturated heterocycles. The van der Waals surface area contributed by atoms with E-state index in [1.165, 1.54) is 18.3 Å². The molecule has 0 aromatic carbocycles. The standard InChI is InChI=1S/C14H16N2O5/c1-2-21-12(17)8-5-7-11(14(19)20)16-13(18)10-6-3-4-9-15-10/h3-6,8-9,11H,2,7H2,1H3,(H,16,18)(H,19,20)/b8-5+/t11-/m0/s1. The molecule has 1 aromatic rings. The van der Waals surface area contributed by atoms with Gasteiger partial charge >= 0.3 is 11.9 Å². The summed E-state index contributed by atoms with van der Waals surface area (Å²) in [5.74, 6) is -2.35. The van der Waals surface area contributed by atoms with Crippen LogP contribution in [0.25, 0.3) is 0 Å². The van der Waals surface area contributed by atoms with Crippen molar-refractivity contribution in [1.29, 1.82) is 0 Å². The van der Waals surface area contributed by atoms with Gasteiger partial charge in [0, 0.05) is 12.3 Å². The lowest BCUT2D eigenvalue weighted by Gasteiger charge is -2.12. The van der Waals surface area contributed by atoms with E-state index < -0.39 is 23.9 Å². The summed E-state index contributed by atoms with van der Waals surface area (Å²) in [7, 11) is 0. The number of carboxylic acids is 1. The van der Waals surface area contributed by atoms with Crippen molar-refractivity contribution < 1.29 is 24.2 Å². The average Bonchev–Trinajstić information content (AvgIpc) is 2.47. The fourth-order valence-corrected chi connectivity index (χ4v) is 1.44. The lowest BCUT2D eigenvalue weighted by atomic mass is 10.2. The molecule has 0 radical (unpaired) electrons. The number of nitrogens with one attached hydrogen (secondary N) is 1. The van der Waals surface area contributed by atoms with Gasteiger partial charge in [0.25, 0.3) is 5.91 Å². The van der Waals surface area contributed by atoms with Crippen LogP contribution in [0, 0.1) is 0 Å². The molecule has 0 unspecified atom stereocenters. The third-order valence-electron chi connectivity index (χ3n) is 2.41. The third kappa shape index (κ3) is 5.85. The smallest absolute Gasteiger partial charge is 0.330 e. The Hall–Kier alpha value is -2.70. The largest absolute Gasteiger partial charge is 0.480 e. The second-order valence-electron chi connectivity index (χ2n) is 3.97. The average molecular weight is 292 g/mol. The molecule has 0 spiro atoms. The topological polar surface area (TPSA) is 106 Å². The highest BCUT2D eigenvalue weighted by atomic mass is 16.5. The Morgan fingerprint density at radius 3 is 2.76 bits per heavy atom.